The lowest BCUT2D eigenvalue weighted by Gasteiger charge is -2.25. The molecule has 1 fully saturated rings. The molecule has 1 aliphatic rings. The maximum absolute atomic E-state index is 6.01. The number of methoxy groups -OCH3 is 2. The molecule has 1 aromatic rings. The molecular weight excluding hydrogens is 218 g/mol. The number of hydrogen-bond donors (Lipinski definition) is 1. The van der Waals surface area contributed by atoms with Crippen LogP contribution in [0, 0.1) is 0 Å². The number of benzene rings is 1. The molecule has 0 unspecified atom stereocenters. The quantitative estimate of drug-likeness (QED) is 0.867. The van der Waals surface area contributed by atoms with Gasteiger partial charge in [0.1, 0.15) is 6.10 Å². The second-order valence-corrected chi connectivity index (χ2v) is 4.06. The van der Waals surface area contributed by atoms with Gasteiger partial charge in [0, 0.05) is 0 Å². The standard InChI is InChI=1S/C13H19NO3/c1-15-11-4-3-5-12(16-2)13(11)17-10-6-8-14-9-7-10/h3-5,10,14H,6-9H2,1-2H3. The van der Waals surface area contributed by atoms with Gasteiger partial charge in [-0.05, 0) is 38.1 Å². The van der Waals surface area contributed by atoms with Crippen LogP contribution in [-0.2, 0) is 0 Å². The third kappa shape index (κ3) is 2.82. The molecule has 0 amide bonds. The molecule has 0 aliphatic carbocycles. The van der Waals surface area contributed by atoms with E-state index in [0.29, 0.717) is 5.75 Å². The van der Waals surface area contributed by atoms with E-state index in [0.717, 1.165) is 37.4 Å². The minimum Gasteiger partial charge on any atom is -0.493 e. The van der Waals surface area contributed by atoms with Gasteiger partial charge in [-0.25, -0.2) is 0 Å². The van der Waals surface area contributed by atoms with Gasteiger partial charge in [-0.1, -0.05) is 6.07 Å². The zero-order valence-electron chi connectivity index (χ0n) is 10.4. The molecule has 0 radical (unpaired) electrons. The summed E-state index contributed by atoms with van der Waals surface area (Å²) in [5.74, 6) is 2.16. The molecule has 4 heteroatoms. The zero-order valence-corrected chi connectivity index (χ0v) is 10.4. The van der Waals surface area contributed by atoms with Gasteiger partial charge in [0.25, 0.3) is 0 Å². The first-order chi connectivity index (χ1) is 8.35. The Morgan fingerprint density at radius 1 is 1.06 bits per heavy atom. The van der Waals surface area contributed by atoms with Crippen molar-refractivity contribution in [3.63, 3.8) is 0 Å². The topological polar surface area (TPSA) is 39.7 Å². The van der Waals surface area contributed by atoms with Crippen molar-refractivity contribution in [2.24, 2.45) is 0 Å². The van der Waals surface area contributed by atoms with Crippen LogP contribution in [0.5, 0.6) is 17.2 Å². The minimum absolute atomic E-state index is 0.237. The fourth-order valence-electron chi connectivity index (χ4n) is 2.01. The molecular formula is C13H19NO3. The summed E-state index contributed by atoms with van der Waals surface area (Å²) in [6, 6.07) is 5.67. The fourth-order valence-corrected chi connectivity index (χ4v) is 2.01. The SMILES string of the molecule is COc1cccc(OC)c1OC1CCNCC1. The normalized spacial score (nSPS) is 16.6. The lowest BCUT2D eigenvalue weighted by Crippen LogP contribution is -2.34. The molecule has 0 atom stereocenters. The first kappa shape index (κ1) is 12.0. The van der Waals surface area contributed by atoms with Gasteiger partial charge in [-0.15, -0.1) is 0 Å². The van der Waals surface area contributed by atoms with Gasteiger partial charge in [0.2, 0.25) is 5.75 Å². The average molecular weight is 237 g/mol. The highest BCUT2D eigenvalue weighted by Gasteiger charge is 2.19. The minimum atomic E-state index is 0.237. The molecule has 0 bridgehead atoms. The summed E-state index contributed by atoms with van der Waals surface area (Å²) in [7, 11) is 3.29. The van der Waals surface area contributed by atoms with Crippen molar-refractivity contribution in [1.29, 1.82) is 0 Å². The van der Waals surface area contributed by atoms with E-state index in [1.54, 1.807) is 14.2 Å². The van der Waals surface area contributed by atoms with E-state index in [2.05, 4.69) is 5.32 Å². The van der Waals surface area contributed by atoms with Crippen molar-refractivity contribution in [2.75, 3.05) is 27.3 Å². The number of ether oxygens (including phenoxy) is 3. The van der Waals surface area contributed by atoms with Gasteiger partial charge >= 0.3 is 0 Å². The molecule has 4 nitrogen and oxygen atoms in total. The molecule has 0 aromatic heterocycles. The van der Waals surface area contributed by atoms with Gasteiger partial charge in [0.15, 0.2) is 11.5 Å². The van der Waals surface area contributed by atoms with Crippen LogP contribution in [-0.4, -0.2) is 33.4 Å². The van der Waals surface area contributed by atoms with Crippen LogP contribution in [0.1, 0.15) is 12.8 Å². The number of piperidine rings is 1. The van der Waals surface area contributed by atoms with E-state index < -0.39 is 0 Å². The van der Waals surface area contributed by atoms with E-state index in [9.17, 15) is 0 Å². The van der Waals surface area contributed by atoms with Gasteiger partial charge in [-0.2, -0.15) is 0 Å². The molecule has 1 heterocycles. The van der Waals surface area contributed by atoms with Crippen LogP contribution in [0.25, 0.3) is 0 Å². The molecule has 0 saturated carbocycles. The van der Waals surface area contributed by atoms with Crippen molar-refractivity contribution in [2.45, 2.75) is 18.9 Å². The smallest absolute Gasteiger partial charge is 0.203 e. The van der Waals surface area contributed by atoms with Gasteiger partial charge in [-0.3, -0.25) is 0 Å². The molecule has 1 aliphatic heterocycles. The summed E-state index contributed by atoms with van der Waals surface area (Å²) < 4.78 is 16.6. The van der Waals surface area contributed by atoms with E-state index in [1.165, 1.54) is 0 Å². The van der Waals surface area contributed by atoms with Crippen LogP contribution in [0.4, 0.5) is 0 Å². The lowest BCUT2D eigenvalue weighted by molar-refractivity contribution is 0.151. The Morgan fingerprint density at radius 2 is 1.65 bits per heavy atom. The monoisotopic (exact) mass is 237 g/mol. The summed E-state index contributed by atoms with van der Waals surface area (Å²) in [4.78, 5) is 0. The van der Waals surface area contributed by atoms with Crippen molar-refractivity contribution in [1.82, 2.24) is 5.32 Å². The Kier molecular flexibility index (Phi) is 4.09. The first-order valence-electron chi connectivity index (χ1n) is 5.93. The van der Waals surface area contributed by atoms with Gasteiger partial charge < -0.3 is 19.5 Å². The maximum Gasteiger partial charge on any atom is 0.203 e. The molecule has 1 N–H and O–H groups in total. The zero-order chi connectivity index (χ0) is 12.1. The predicted octanol–water partition coefficient (Wildman–Crippen LogP) is 1.83. The number of para-hydroxylation sites is 1. The number of hydrogen-bond acceptors (Lipinski definition) is 4. The Labute approximate surface area is 102 Å². The van der Waals surface area contributed by atoms with Crippen LogP contribution < -0.4 is 19.5 Å². The Morgan fingerprint density at radius 3 is 2.18 bits per heavy atom. The van der Waals surface area contributed by atoms with Crippen molar-refractivity contribution >= 4 is 0 Å². The summed E-state index contributed by atoms with van der Waals surface area (Å²) in [5.41, 5.74) is 0. The molecule has 94 valence electrons. The molecule has 1 saturated heterocycles. The Bertz CT molecular complexity index is 339. The first-order valence-corrected chi connectivity index (χ1v) is 5.93. The highest BCUT2D eigenvalue weighted by Crippen LogP contribution is 2.38. The highest BCUT2D eigenvalue weighted by atomic mass is 16.5. The molecule has 1 aromatic carbocycles. The van der Waals surface area contributed by atoms with E-state index in [1.807, 2.05) is 18.2 Å². The van der Waals surface area contributed by atoms with Crippen molar-refractivity contribution < 1.29 is 14.2 Å². The van der Waals surface area contributed by atoms with E-state index in [4.69, 9.17) is 14.2 Å². The third-order valence-corrected chi connectivity index (χ3v) is 2.95. The molecule has 2 rings (SSSR count). The Hall–Kier alpha value is -1.42. The van der Waals surface area contributed by atoms with E-state index >= 15 is 0 Å². The number of nitrogens with one attached hydrogen (secondary N) is 1. The predicted molar refractivity (Wildman–Crippen MR) is 66.1 cm³/mol. The highest BCUT2D eigenvalue weighted by molar-refractivity contribution is 5.51. The largest absolute Gasteiger partial charge is 0.493 e. The van der Waals surface area contributed by atoms with Crippen LogP contribution in [0.15, 0.2) is 18.2 Å². The number of rotatable bonds is 4. The lowest BCUT2D eigenvalue weighted by atomic mass is 10.1. The second-order valence-electron chi connectivity index (χ2n) is 4.06. The van der Waals surface area contributed by atoms with Crippen LogP contribution >= 0.6 is 0 Å². The molecule has 0 spiro atoms. The van der Waals surface area contributed by atoms with Crippen molar-refractivity contribution in [3.8, 4) is 17.2 Å². The second kappa shape index (κ2) is 5.77. The van der Waals surface area contributed by atoms with Crippen molar-refractivity contribution in [3.05, 3.63) is 18.2 Å². The Balaban J connectivity index is 2.16. The summed E-state index contributed by atoms with van der Waals surface area (Å²) in [6.07, 6.45) is 2.27. The summed E-state index contributed by atoms with van der Waals surface area (Å²) in [6.45, 7) is 2.00. The summed E-state index contributed by atoms with van der Waals surface area (Å²) >= 11 is 0. The van der Waals surface area contributed by atoms with Gasteiger partial charge in [0.05, 0.1) is 14.2 Å². The molecule has 17 heavy (non-hydrogen) atoms. The third-order valence-electron chi connectivity index (χ3n) is 2.95. The van der Waals surface area contributed by atoms with E-state index in [-0.39, 0.29) is 6.10 Å². The van der Waals surface area contributed by atoms with Crippen LogP contribution in [0.2, 0.25) is 0 Å². The average Bonchev–Trinajstić information content (AvgIpc) is 2.40. The van der Waals surface area contributed by atoms with Crippen LogP contribution in [0.3, 0.4) is 0 Å². The summed E-state index contributed by atoms with van der Waals surface area (Å²) in [5, 5.41) is 3.32. The fraction of sp³-hybridized carbons (Fsp3) is 0.538. The maximum atomic E-state index is 6.01.